The van der Waals surface area contributed by atoms with Crippen molar-refractivity contribution in [2.24, 2.45) is 0 Å². The number of benzene rings is 1. The van der Waals surface area contributed by atoms with Gasteiger partial charge in [-0.05, 0) is 34.5 Å². The van der Waals surface area contributed by atoms with E-state index in [0.29, 0.717) is 35.4 Å². The summed E-state index contributed by atoms with van der Waals surface area (Å²) in [6, 6.07) is 5.36. The number of morpholine rings is 1. The van der Waals surface area contributed by atoms with Crippen LogP contribution in [0.2, 0.25) is 0 Å². The number of ether oxygens (including phenoxy) is 1. The SMILES string of the molecule is CCC1CN(C(=O)c2cccc(N)c2Br)CCO1. The van der Waals surface area contributed by atoms with E-state index in [1.54, 1.807) is 18.2 Å². The first-order chi connectivity index (χ1) is 8.63. The number of amides is 1. The summed E-state index contributed by atoms with van der Waals surface area (Å²) >= 11 is 3.38. The van der Waals surface area contributed by atoms with Crippen LogP contribution in [0.1, 0.15) is 23.7 Å². The van der Waals surface area contributed by atoms with Crippen molar-refractivity contribution in [2.75, 3.05) is 25.4 Å². The molecule has 1 unspecified atom stereocenters. The fourth-order valence-corrected chi connectivity index (χ4v) is 2.47. The second-order valence-electron chi connectivity index (χ2n) is 4.36. The fraction of sp³-hybridized carbons (Fsp3) is 0.462. The molecule has 1 aromatic carbocycles. The number of nitrogen functional groups attached to an aromatic ring is 1. The molecule has 0 spiro atoms. The second kappa shape index (κ2) is 5.71. The lowest BCUT2D eigenvalue weighted by Gasteiger charge is -2.32. The highest BCUT2D eigenvalue weighted by Crippen LogP contribution is 2.25. The number of nitrogens with zero attached hydrogens (tertiary/aromatic N) is 1. The highest BCUT2D eigenvalue weighted by molar-refractivity contribution is 9.10. The van der Waals surface area contributed by atoms with Crippen molar-refractivity contribution in [3.8, 4) is 0 Å². The summed E-state index contributed by atoms with van der Waals surface area (Å²) in [6.07, 6.45) is 1.06. The van der Waals surface area contributed by atoms with Gasteiger partial charge in [-0.2, -0.15) is 0 Å². The monoisotopic (exact) mass is 312 g/mol. The van der Waals surface area contributed by atoms with Gasteiger partial charge in [-0.25, -0.2) is 0 Å². The first-order valence-electron chi connectivity index (χ1n) is 6.08. The smallest absolute Gasteiger partial charge is 0.255 e. The van der Waals surface area contributed by atoms with Crippen LogP contribution in [0.4, 0.5) is 5.69 Å². The van der Waals surface area contributed by atoms with E-state index in [0.717, 1.165) is 6.42 Å². The average molecular weight is 313 g/mol. The standard InChI is InChI=1S/C13H17BrN2O2/c1-2-9-8-16(6-7-18-9)13(17)10-4-3-5-11(15)12(10)14/h3-5,9H,2,6-8,15H2,1H3. The lowest BCUT2D eigenvalue weighted by atomic mass is 10.1. The first-order valence-corrected chi connectivity index (χ1v) is 6.87. The molecule has 1 aliphatic rings. The molecule has 1 aliphatic heterocycles. The zero-order valence-electron chi connectivity index (χ0n) is 10.4. The van der Waals surface area contributed by atoms with Crippen molar-refractivity contribution in [3.05, 3.63) is 28.2 Å². The maximum Gasteiger partial charge on any atom is 0.255 e. The van der Waals surface area contributed by atoms with Crippen LogP contribution in [-0.2, 0) is 4.74 Å². The molecule has 0 aromatic heterocycles. The molecule has 1 aromatic rings. The number of carbonyl (C=O) groups excluding carboxylic acids is 1. The van der Waals surface area contributed by atoms with Gasteiger partial charge in [0.2, 0.25) is 0 Å². The lowest BCUT2D eigenvalue weighted by Crippen LogP contribution is -2.45. The third kappa shape index (κ3) is 2.67. The maximum absolute atomic E-state index is 12.4. The van der Waals surface area contributed by atoms with E-state index < -0.39 is 0 Å². The molecular formula is C13H17BrN2O2. The van der Waals surface area contributed by atoms with Gasteiger partial charge in [-0.1, -0.05) is 13.0 Å². The van der Waals surface area contributed by atoms with Crippen molar-refractivity contribution in [3.63, 3.8) is 0 Å². The van der Waals surface area contributed by atoms with Crippen LogP contribution in [0.3, 0.4) is 0 Å². The van der Waals surface area contributed by atoms with Gasteiger partial charge in [0.1, 0.15) is 0 Å². The number of anilines is 1. The van der Waals surface area contributed by atoms with E-state index >= 15 is 0 Å². The Kier molecular flexibility index (Phi) is 4.24. The van der Waals surface area contributed by atoms with Crippen LogP contribution >= 0.6 is 15.9 Å². The number of hydrogen-bond acceptors (Lipinski definition) is 3. The third-order valence-electron chi connectivity index (χ3n) is 3.14. The van der Waals surface area contributed by atoms with Crippen molar-refractivity contribution in [1.82, 2.24) is 4.90 Å². The Labute approximate surface area is 115 Å². The van der Waals surface area contributed by atoms with Gasteiger partial charge < -0.3 is 15.4 Å². The molecule has 1 atom stereocenters. The molecule has 4 nitrogen and oxygen atoms in total. The highest BCUT2D eigenvalue weighted by atomic mass is 79.9. The van der Waals surface area contributed by atoms with Crippen molar-refractivity contribution >= 4 is 27.5 Å². The number of hydrogen-bond donors (Lipinski definition) is 1. The largest absolute Gasteiger partial charge is 0.398 e. The van der Waals surface area contributed by atoms with E-state index in [9.17, 15) is 4.79 Å². The topological polar surface area (TPSA) is 55.6 Å². The van der Waals surface area contributed by atoms with Crippen molar-refractivity contribution < 1.29 is 9.53 Å². The second-order valence-corrected chi connectivity index (χ2v) is 5.15. The number of halogens is 1. The number of nitrogens with two attached hydrogens (primary N) is 1. The Morgan fingerprint density at radius 1 is 1.61 bits per heavy atom. The van der Waals surface area contributed by atoms with Gasteiger partial charge >= 0.3 is 0 Å². The summed E-state index contributed by atoms with van der Waals surface area (Å²) in [5.74, 6) is 0.0101. The van der Waals surface area contributed by atoms with Crippen LogP contribution in [0, 0.1) is 0 Å². The van der Waals surface area contributed by atoms with E-state index in [-0.39, 0.29) is 12.0 Å². The molecule has 0 bridgehead atoms. The van der Waals surface area contributed by atoms with Gasteiger partial charge in [0.15, 0.2) is 0 Å². The minimum atomic E-state index is 0.0101. The molecule has 2 N–H and O–H groups in total. The zero-order chi connectivity index (χ0) is 13.1. The summed E-state index contributed by atoms with van der Waals surface area (Å²) in [4.78, 5) is 14.2. The van der Waals surface area contributed by atoms with Gasteiger partial charge in [-0.3, -0.25) is 4.79 Å². The zero-order valence-corrected chi connectivity index (χ0v) is 11.9. The third-order valence-corrected chi connectivity index (χ3v) is 4.03. The first kappa shape index (κ1) is 13.4. The summed E-state index contributed by atoms with van der Waals surface area (Å²) in [5, 5.41) is 0. The van der Waals surface area contributed by atoms with E-state index in [1.807, 2.05) is 4.90 Å². The Balaban J connectivity index is 2.18. The predicted molar refractivity (Wildman–Crippen MR) is 74.5 cm³/mol. The Hall–Kier alpha value is -1.07. The summed E-state index contributed by atoms with van der Waals surface area (Å²) < 4.78 is 6.24. The van der Waals surface area contributed by atoms with E-state index in [4.69, 9.17) is 10.5 Å². The molecule has 98 valence electrons. The van der Waals surface area contributed by atoms with Crippen LogP contribution in [0.5, 0.6) is 0 Å². The van der Waals surface area contributed by atoms with Crippen LogP contribution in [-0.4, -0.2) is 36.6 Å². The van der Waals surface area contributed by atoms with E-state index in [2.05, 4.69) is 22.9 Å². The molecular weight excluding hydrogens is 296 g/mol. The van der Waals surface area contributed by atoms with E-state index in [1.165, 1.54) is 0 Å². The van der Waals surface area contributed by atoms with Crippen LogP contribution in [0.15, 0.2) is 22.7 Å². The minimum Gasteiger partial charge on any atom is -0.398 e. The molecule has 1 heterocycles. The Morgan fingerprint density at radius 2 is 2.39 bits per heavy atom. The number of rotatable bonds is 2. The normalized spacial score (nSPS) is 19.9. The summed E-state index contributed by atoms with van der Waals surface area (Å²) in [7, 11) is 0. The average Bonchev–Trinajstić information content (AvgIpc) is 2.41. The van der Waals surface area contributed by atoms with Gasteiger partial charge in [0, 0.05) is 18.8 Å². The summed E-state index contributed by atoms with van der Waals surface area (Å²) in [6.45, 7) is 3.95. The van der Waals surface area contributed by atoms with Crippen molar-refractivity contribution in [2.45, 2.75) is 19.4 Å². The highest BCUT2D eigenvalue weighted by Gasteiger charge is 2.25. The summed E-state index contributed by atoms with van der Waals surface area (Å²) in [5.41, 5.74) is 7.00. The molecule has 0 aliphatic carbocycles. The van der Waals surface area contributed by atoms with Crippen LogP contribution in [0.25, 0.3) is 0 Å². The molecule has 1 saturated heterocycles. The molecule has 18 heavy (non-hydrogen) atoms. The molecule has 0 radical (unpaired) electrons. The van der Waals surface area contributed by atoms with Gasteiger partial charge in [0.05, 0.1) is 22.7 Å². The quantitative estimate of drug-likeness (QED) is 0.852. The molecule has 1 fully saturated rings. The molecule has 0 saturated carbocycles. The molecule has 2 rings (SSSR count). The Morgan fingerprint density at radius 3 is 3.11 bits per heavy atom. The van der Waals surface area contributed by atoms with Gasteiger partial charge in [-0.15, -0.1) is 0 Å². The van der Waals surface area contributed by atoms with Gasteiger partial charge in [0.25, 0.3) is 5.91 Å². The predicted octanol–water partition coefficient (Wildman–Crippen LogP) is 2.28. The maximum atomic E-state index is 12.4. The van der Waals surface area contributed by atoms with Crippen molar-refractivity contribution in [1.29, 1.82) is 0 Å². The molecule has 5 heteroatoms. The fourth-order valence-electron chi connectivity index (χ4n) is 2.04. The number of carbonyl (C=O) groups is 1. The molecule has 1 amide bonds. The minimum absolute atomic E-state index is 0.0101. The van der Waals surface area contributed by atoms with Crippen LogP contribution < -0.4 is 5.73 Å². The lowest BCUT2D eigenvalue weighted by molar-refractivity contribution is -0.0226. The Bertz CT molecular complexity index is 451.